The Morgan fingerprint density at radius 2 is 2.06 bits per heavy atom. The minimum Gasteiger partial charge on any atom is -0.397 e. The number of benzene rings is 1. The van der Waals surface area contributed by atoms with Crippen LogP contribution in [0.2, 0.25) is 0 Å². The largest absolute Gasteiger partial charge is 0.397 e. The predicted octanol–water partition coefficient (Wildman–Crippen LogP) is 3.42. The Morgan fingerprint density at radius 1 is 1.28 bits per heavy atom. The molecule has 1 fully saturated rings. The van der Waals surface area contributed by atoms with E-state index in [0.717, 1.165) is 28.2 Å². The second kappa shape index (κ2) is 3.87. The van der Waals surface area contributed by atoms with E-state index in [9.17, 15) is 0 Å². The molecular formula is C15H19N3. The average Bonchev–Trinajstić information content (AvgIpc) is 3.17. The number of hydrogen-bond donors (Lipinski definition) is 2. The summed E-state index contributed by atoms with van der Waals surface area (Å²) in [4.78, 5) is 4.32. The fourth-order valence-corrected chi connectivity index (χ4v) is 2.54. The molecule has 0 spiro atoms. The second-order valence-electron chi connectivity index (χ2n) is 5.72. The minimum absolute atomic E-state index is 0.115. The van der Waals surface area contributed by atoms with E-state index in [-0.39, 0.29) is 5.54 Å². The van der Waals surface area contributed by atoms with E-state index in [1.54, 1.807) is 6.20 Å². The zero-order valence-electron chi connectivity index (χ0n) is 10.9. The molecule has 3 nitrogen and oxygen atoms in total. The first kappa shape index (κ1) is 11.3. The standard InChI is InChI=1S/C15H19N3/c1-15(2,10-5-6-10)18-13-8-7-12-11(14(13)16)4-3-9-17-12/h3-4,7-10,18H,5-6,16H2,1-2H3. The lowest BCUT2D eigenvalue weighted by molar-refractivity contribution is 0.495. The van der Waals surface area contributed by atoms with Gasteiger partial charge in [0.1, 0.15) is 0 Å². The van der Waals surface area contributed by atoms with Crippen molar-refractivity contribution in [1.82, 2.24) is 4.98 Å². The van der Waals surface area contributed by atoms with Crippen molar-refractivity contribution >= 4 is 22.3 Å². The summed E-state index contributed by atoms with van der Waals surface area (Å²) >= 11 is 0. The molecule has 0 unspecified atom stereocenters. The van der Waals surface area contributed by atoms with Crippen molar-refractivity contribution in [3.8, 4) is 0 Å². The SMILES string of the molecule is CC(C)(Nc1ccc2ncccc2c1N)C1CC1. The number of rotatable bonds is 3. The van der Waals surface area contributed by atoms with Crippen LogP contribution in [0.5, 0.6) is 0 Å². The molecule has 3 rings (SSSR count). The molecule has 1 aromatic heterocycles. The smallest absolute Gasteiger partial charge is 0.0724 e. The fraction of sp³-hybridized carbons (Fsp3) is 0.400. The minimum atomic E-state index is 0.115. The summed E-state index contributed by atoms with van der Waals surface area (Å²) in [6, 6.07) is 8.01. The fourth-order valence-electron chi connectivity index (χ4n) is 2.54. The van der Waals surface area contributed by atoms with Gasteiger partial charge < -0.3 is 11.1 Å². The van der Waals surface area contributed by atoms with Gasteiger partial charge in [0.25, 0.3) is 0 Å². The lowest BCUT2D eigenvalue weighted by atomic mass is 9.97. The summed E-state index contributed by atoms with van der Waals surface area (Å²) in [5.74, 6) is 0.765. The van der Waals surface area contributed by atoms with Crippen molar-refractivity contribution in [2.24, 2.45) is 5.92 Å². The molecule has 1 aromatic carbocycles. The molecule has 2 aromatic rings. The molecule has 0 saturated heterocycles. The number of nitrogens with one attached hydrogen (secondary N) is 1. The van der Waals surface area contributed by atoms with Crippen LogP contribution in [-0.4, -0.2) is 10.5 Å². The lowest BCUT2D eigenvalue weighted by Crippen LogP contribution is -2.33. The Hall–Kier alpha value is -1.77. The summed E-state index contributed by atoms with van der Waals surface area (Å²) in [7, 11) is 0. The molecule has 0 radical (unpaired) electrons. The van der Waals surface area contributed by atoms with E-state index in [1.165, 1.54) is 12.8 Å². The maximum atomic E-state index is 6.24. The highest BCUT2D eigenvalue weighted by Crippen LogP contribution is 2.42. The summed E-state index contributed by atoms with van der Waals surface area (Å²) < 4.78 is 0. The number of anilines is 2. The average molecular weight is 241 g/mol. The van der Waals surface area contributed by atoms with Crippen LogP contribution in [0.1, 0.15) is 26.7 Å². The second-order valence-corrected chi connectivity index (χ2v) is 5.72. The third kappa shape index (κ3) is 1.90. The van der Waals surface area contributed by atoms with Crippen molar-refractivity contribution in [2.75, 3.05) is 11.1 Å². The van der Waals surface area contributed by atoms with Crippen molar-refractivity contribution in [3.63, 3.8) is 0 Å². The van der Waals surface area contributed by atoms with Crippen LogP contribution in [0.15, 0.2) is 30.5 Å². The van der Waals surface area contributed by atoms with Gasteiger partial charge in [-0.3, -0.25) is 4.98 Å². The molecule has 18 heavy (non-hydrogen) atoms. The third-order valence-electron chi connectivity index (χ3n) is 3.88. The first-order valence-corrected chi connectivity index (χ1v) is 6.49. The van der Waals surface area contributed by atoms with Crippen molar-refractivity contribution in [3.05, 3.63) is 30.5 Å². The van der Waals surface area contributed by atoms with Crippen molar-refractivity contribution < 1.29 is 0 Å². The summed E-state index contributed by atoms with van der Waals surface area (Å²) in [6.07, 6.45) is 4.42. The quantitative estimate of drug-likeness (QED) is 0.809. The normalized spacial score (nSPS) is 15.9. The van der Waals surface area contributed by atoms with Crippen LogP contribution in [0.25, 0.3) is 10.9 Å². The van der Waals surface area contributed by atoms with Gasteiger partial charge in [0.2, 0.25) is 0 Å². The monoisotopic (exact) mass is 241 g/mol. The van der Waals surface area contributed by atoms with E-state index in [0.29, 0.717) is 0 Å². The predicted molar refractivity (Wildman–Crippen MR) is 76.6 cm³/mol. The van der Waals surface area contributed by atoms with Crippen molar-refractivity contribution in [2.45, 2.75) is 32.2 Å². The Labute approximate surface area is 107 Å². The highest BCUT2D eigenvalue weighted by atomic mass is 15.0. The van der Waals surface area contributed by atoms with Gasteiger partial charge in [0.15, 0.2) is 0 Å². The number of nitrogens with two attached hydrogens (primary N) is 1. The van der Waals surface area contributed by atoms with Crippen molar-refractivity contribution in [1.29, 1.82) is 0 Å². The summed E-state index contributed by atoms with van der Waals surface area (Å²) in [6.45, 7) is 4.50. The molecule has 3 N–H and O–H groups in total. The number of nitrogen functional groups attached to an aromatic ring is 1. The van der Waals surface area contributed by atoms with Gasteiger partial charge in [0.05, 0.1) is 16.9 Å². The zero-order valence-corrected chi connectivity index (χ0v) is 10.9. The summed E-state index contributed by atoms with van der Waals surface area (Å²) in [5.41, 5.74) is 9.13. The number of aromatic nitrogens is 1. The highest BCUT2D eigenvalue weighted by molar-refractivity contribution is 5.96. The van der Waals surface area contributed by atoms with Crippen LogP contribution >= 0.6 is 0 Å². The van der Waals surface area contributed by atoms with Crippen LogP contribution in [0, 0.1) is 5.92 Å². The molecular weight excluding hydrogens is 222 g/mol. The first-order chi connectivity index (χ1) is 8.58. The topological polar surface area (TPSA) is 50.9 Å². The third-order valence-corrected chi connectivity index (χ3v) is 3.88. The Balaban J connectivity index is 1.99. The number of pyridine rings is 1. The van der Waals surface area contributed by atoms with E-state index in [4.69, 9.17) is 5.73 Å². The first-order valence-electron chi connectivity index (χ1n) is 6.49. The molecule has 0 amide bonds. The highest BCUT2D eigenvalue weighted by Gasteiger charge is 2.37. The molecule has 0 aliphatic heterocycles. The maximum Gasteiger partial charge on any atom is 0.0724 e. The van der Waals surface area contributed by atoms with Gasteiger partial charge in [-0.1, -0.05) is 0 Å². The van der Waals surface area contributed by atoms with Gasteiger partial charge in [-0.15, -0.1) is 0 Å². The Kier molecular flexibility index (Phi) is 2.44. The number of hydrogen-bond acceptors (Lipinski definition) is 3. The van der Waals surface area contributed by atoms with Gasteiger partial charge in [-0.25, -0.2) is 0 Å². The van der Waals surface area contributed by atoms with Crippen LogP contribution in [0.4, 0.5) is 11.4 Å². The lowest BCUT2D eigenvalue weighted by Gasteiger charge is -2.28. The maximum absolute atomic E-state index is 6.24. The zero-order chi connectivity index (χ0) is 12.8. The van der Waals surface area contributed by atoms with Gasteiger partial charge in [0, 0.05) is 17.1 Å². The van der Waals surface area contributed by atoms with E-state index < -0.39 is 0 Å². The Bertz CT molecular complexity index is 585. The van der Waals surface area contributed by atoms with E-state index in [1.807, 2.05) is 24.3 Å². The van der Waals surface area contributed by atoms with Gasteiger partial charge in [-0.05, 0) is 56.9 Å². The molecule has 0 bridgehead atoms. The van der Waals surface area contributed by atoms with Gasteiger partial charge in [-0.2, -0.15) is 0 Å². The molecule has 0 atom stereocenters. The van der Waals surface area contributed by atoms with E-state index >= 15 is 0 Å². The van der Waals surface area contributed by atoms with E-state index in [2.05, 4.69) is 24.1 Å². The molecule has 3 heteroatoms. The molecule has 1 heterocycles. The number of fused-ring (bicyclic) bond motifs is 1. The van der Waals surface area contributed by atoms with Crippen LogP contribution in [0.3, 0.4) is 0 Å². The molecule has 94 valence electrons. The van der Waals surface area contributed by atoms with Crippen LogP contribution < -0.4 is 11.1 Å². The number of nitrogens with zero attached hydrogens (tertiary/aromatic N) is 1. The van der Waals surface area contributed by atoms with Gasteiger partial charge >= 0.3 is 0 Å². The Morgan fingerprint density at radius 3 is 2.78 bits per heavy atom. The summed E-state index contributed by atoms with van der Waals surface area (Å²) in [5, 5.41) is 4.61. The van der Waals surface area contributed by atoms with Crippen LogP contribution in [-0.2, 0) is 0 Å². The molecule has 1 aliphatic carbocycles. The molecule has 1 saturated carbocycles. The molecule has 1 aliphatic rings.